The molecule has 9 heteroatoms. The third-order valence-electron chi connectivity index (χ3n) is 3.91. The molecule has 1 heterocycles. The zero-order chi connectivity index (χ0) is 18.0. The number of nitrogens with zero attached hydrogens (tertiary/aromatic N) is 1. The maximum absolute atomic E-state index is 12.7. The number of alkyl halides is 3. The molecule has 0 amide bonds. The number of rotatable bonds is 4. The summed E-state index contributed by atoms with van der Waals surface area (Å²) >= 11 is 0. The van der Waals surface area contributed by atoms with Gasteiger partial charge in [0.2, 0.25) is 0 Å². The van der Waals surface area contributed by atoms with Gasteiger partial charge in [-0.1, -0.05) is 24.3 Å². The van der Waals surface area contributed by atoms with Gasteiger partial charge in [0.15, 0.2) is 6.10 Å². The van der Waals surface area contributed by atoms with Crippen LogP contribution >= 0.6 is 24.8 Å². The van der Waals surface area contributed by atoms with Crippen molar-refractivity contribution in [1.29, 1.82) is 0 Å². The van der Waals surface area contributed by atoms with Crippen LogP contribution in [0.3, 0.4) is 0 Å². The number of hydrogen-bond donors (Lipinski definition) is 2. The average molecular weight is 422 g/mol. The van der Waals surface area contributed by atoms with Crippen LogP contribution in [0.4, 0.5) is 18.9 Å². The molecule has 0 radical (unpaired) electrons. The molecule has 27 heavy (non-hydrogen) atoms. The Morgan fingerprint density at radius 1 is 1.07 bits per heavy atom. The Kier molecular flexibility index (Phi) is 7.95. The van der Waals surface area contributed by atoms with E-state index in [1.165, 1.54) is 6.07 Å². The number of halogens is 5. The van der Waals surface area contributed by atoms with Crippen molar-refractivity contribution < 1.29 is 17.9 Å². The fourth-order valence-corrected chi connectivity index (χ4v) is 2.55. The molecule has 0 bridgehead atoms. The minimum absolute atomic E-state index is 0. The van der Waals surface area contributed by atoms with E-state index in [9.17, 15) is 13.2 Å². The van der Waals surface area contributed by atoms with Gasteiger partial charge in [0.25, 0.3) is 0 Å². The van der Waals surface area contributed by atoms with Crippen molar-refractivity contribution in [2.45, 2.75) is 32.3 Å². The second-order valence-corrected chi connectivity index (χ2v) is 5.90. The Morgan fingerprint density at radius 3 is 2.41 bits per heavy atom. The van der Waals surface area contributed by atoms with E-state index in [0.29, 0.717) is 35.9 Å². The SMILES string of the molecule is CC1Oc2ccc(CNCc3cccc(C(F)(F)F)c3)cc2N=C1N.Cl.Cl. The van der Waals surface area contributed by atoms with Crippen molar-refractivity contribution in [1.82, 2.24) is 5.32 Å². The zero-order valence-corrected chi connectivity index (χ0v) is 16.0. The van der Waals surface area contributed by atoms with E-state index in [1.807, 2.05) is 25.1 Å². The monoisotopic (exact) mass is 421 g/mol. The summed E-state index contributed by atoms with van der Waals surface area (Å²) in [6, 6.07) is 10.9. The van der Waals surface area contributed by atoms with Gasteiger partial charge >= 0.3 is 6.18 Å². The van der Waals surface area contributed by atoms with Crippen molar-refractivity contribution in [3.8, 4) is 5.75 Å². The predicted octanol–water partition coefficient (Wildman–Crippen LogP) is 4.61. The van der Waals surface area contributed by atoms with Crippen LogP contribution in [-0.4, -0.2) is 11.9 Å². The first kappa shape index (κ1) is 23.1. The number of amidine groups is 1. The summed E-state index contributed by atoms with van der Waals surface area (Å²) < 4.78 is 43.8. The standard InChI is InChI=1S/C18H18F3N3O.2ClH/c1-11-17(22)24-15-8-13(5-6-16(15)25-11)10-23-9-12-3-2-4-14(7-12)18(19,20)21;;/h2-8,11,23H,9-10H2,1H3,(H2,22,24);2*1H. The first-order chi connectivity index (χ1) is 11.8. The summed E-state index contributed by atoms with van der Waals surface area (Å²) in [4.78, 5) is 4.31. The van der Waals surface area contributed by atoms with E-state index in [-0.39, 0.29) is 30.9 Å². The first-order valence-corrected chi connectivity index (χ1v) is 7.83. The van der Waals surface area contributed by atoms with E-state index in [1.54, 1.807) is 6.07 Å². The molecule has 0 saturated heterocycles. The Bertz CT molecular complexity index is 813. The molecular weight excluding hydrogens is 402 g/mol. The van der Waals surface area contributed by atoms with E-state index in [4.69, 9.17) is 10.5 Å². The third-order valence-corrected chi connectivity index (χ3v) is 3.91. The third kappa shape index (κ3) is 5.76. The highest BCUT2D eigenvalue weighted by Gasteiger charge is 2.30. The minimum atomic E-state index is -4.33. The maximum atomic E-state index is 12.7. The van der Waals surface area contributed by atoms with Gasteiger partial charge in [-0.05, 0) is 36.2 Å². The van der Waals surface area contributed by atoms with E-state index in [0.717, 1.165) is 17.7 Å². The zero-order valence-electron chi connectivity index (χ0n) is 14.4. The number of benzene rings is 2. The number of aliphatic imine (C=N–C) groups is 1. The van der Waals surface area contributed by atoms with Crippen LogP contribution in [0.2, 0.25) is 0 Å². The molecule has 1 atom stereocenters. The Morgan fingerprint density at radius 2 is 1.74 bits per heavy atom. The fraction of sp³-hybridized carbons (Fsp3) is 0.278. The molecule has 3 N–H and O–H groups in total. The molecule has 1 aliphatic heterocycles. The summed E-state index contributed by atoms with van der Waals surface area (Å²) in [7, 11) is 0. The van der Waals surface area contributed by atoms with Gasteiger partial charge < -0.3 is 15.8 Å². The van der Waals surface area contributed by atoms with Crippen LogP contribution in [0.15, 0.2) is 47.5 Å². The lowest BCUT2D eigenvalue weighted by Gasteiger charge is -2.21. The van der Waals surface area contributed by atoms with Gasteiger partial charge in [0.1, 0.15) is 17.3 Å². The van der Waals surface area contributed by atoms with E-state index >= 15 is 0 Å². The van der Waals surface area contributed by atoms with Gasteiger partial charge in [0, 0.05) is 13.1 Å². The molecule has 2 aromatic rings. The Hall–Kier alpha value is -1.96. The maximum Gasteiger partial charge on any atom is 0.416 e. The second-order valence-electron chi connectivity index (χ2n) is 5.90. The fourth-order valence-electron chi connectivity index (χ4n) is 2.55. The Balaban J connectivity index is 0.00000182. The first-order valence-electron chi connectivity index (χ1n) is 7.83. The molecular formula is C18H20Cl2F3N3O. The quantitative estimate of drug-likeness (QED) is 0.757. The molecule has 0 aliphatic carbocycles. The number of ether oxygens (including phenoxy) is 1. The predicted molar refractivity (Wildman–Crippen MR) is 104 cm³/mol. The van der Waals surface area contributed by atoms with Crippen LogP contribution in [-0.2, 0) is 19.3 Å². The molecule has 0 spiro atoms. The minimum Gasteiger partial charge on any atom is -0.481 e. The highest BCUT2D eigenvalue weighted by Crippen LogP contribution is 2.33. The van der Waals surface area contributed by atoms with Crippen molar-refractivity contribution in [2.75, 3.05) is 0 Å². The lowest BCUT2D eigenvalue weighted by molar-refractivity contribution is -0.137. The number of fused-ring (bicyclic) bond motifs is 1. The number of nitrogens with one attached hydrogen (secondary N) is 1. The normalized spacial score (nSPS) is 15.6. The summed E-state index contributed by atoms with van der Waals surface area (Å²) in [6.45, 7) is 2.65. The topological polar surface area (TPSA) is 59.6 Å². The van der Waals surface area contributed by atoms with Crippen molar-refractivity contribution >= 4 is 36.3 Å². The van der Waals surface area contributed by atoms with Crippen LogP contribution in [0.1, 0.15) is 23.6 Å². The van der Waals surface area contributed by atoms with Crippen LogP contribution in [0.25, 0.3) is 0 Å². The van der Waals surface area contributed by atoms with E-state index < -0.39 is 11.7 Å². The Labute approximate surface area is 167 Å². The summed E-state index contributed by atoms with van der Waals surface area (Å²) in [6.07, 6.45) is -4.58. The van der Waals surface area contributed by atoms with Gasteiger partial charge in [-0.25, -0.2) is 4.99 Å². The largest absolute Gasteiger partial charge is 0.481 e. The van der Waals surface area contributed by atoms with Crippen LogP contribution < -0.4 is 15.8 Å². The number of nitrogens with two attached hydrogens (primary N) is 1. The summed E-state index contributed by atoms with van der Waals surface area (Å²) in [5.41, 5.74) is 7.33. The molecule has 0 fully saturated rings. The molecule has 4 nitrogen and oxygen atoms in total. The molecule has 0 aromatic heterocycles. The van der Waals surface area contributed by atoms with E-state index in [2.05, 4.69) is 10.3 Å². The smallest absolute Gasteiger partial charge is 0.416 e. The molecule has 1 unspecified atom stereocenters. The van der Waals surface area contributed by atoms with Crippen molar-refractivity contribution in [3.05, 3.63) is 59.2 Å². The lowest BCUT2D eigenvalue weighted by Crippen LogP contribution is -2.33. The van der Waals surface area contributed by atoms with Crippen LogP contribution in [0, 0.1) is 0 Å². The highest BCUT2D eigenvalue weighted by molar-refractivity contribution is 5.89. The van der Waals surface area contributed by atoms with Crippen molar-refractivity contribution in [2.24, 2.45) is 10.7 Å². The van der Waals surface area contributed by atoms with Crippen molar-refractivity contribution in [3.63, 3.8) is 0 Å². The summed E-state index contributed by atoms with van der Waals surface area (Å²) in [5.74, 6) is 1.09. The van der Waals surface area contributed by atoms with Gasteiger partial charge in [-0.15, -0.1) is 24.8 Å². The lowest BCUT2D eigenvalue weighted by atomic mass is 10.1. The molecule has 148 valence electrons. The number of hydrogen-bond acceptors (Lipinski definition) is 4. The molecule has 1 aliphatic rings. The molecule has 2 aromatic carbocycles. The summed E-state index contributed by atoms with van der Waals surface area (Å²) in [5, 5.41) is 3.14. The van der Waals surface area contributed by atoms with Gasteiger partial charge in [-0.2, -0.15) is 13.2 Å². The molecule has 0 saturated carbocycles. The van der Waals surface area contributed by atoms with Gasteiger partial charge in [-0.3, -0.25) is 0 Å². The average Bonchev–Trinajstić information content (AvgIpc) is 2.56. The van der Waals surface area contributed by atoms with Gasteiger partial charge in [0.05, 0.1) is 5.56 Å². The molecule has 3 rings (SSSR count). The second kappa shape index (κ2) is 9.30. The van der Waals surface area contributed by atoms with Crippen LogP contribution in [0.5, 0.6) is 5.75 Å². The highest BCUT2D eigenvalue weighted by atomic mass is 35.5.